The van der Waals surface area contributed by atoms with E-state index in [4.69, 9.17) is 14.2 Å². The molecule has 0 radical (unpaired) electrons. The SMILES string of the molecule is COc1cc(NC(=O)N2C(C)CCCC2C)cc(OC)c1OC. The van der Waals surface area contributed by atoms with Gasteiger partial charge in [-0.1, -0.05) is 0 Å². The quantitative estimate of drug-likeness (QED) is 0.921. The van der Waals surface area contributed by atoms with Gasteiger partial charge >= 0.3 is 6.03 Å². The summed E-state index contributed by atoms with van der Waals surface area (Å²) >= 11 is 0. The van der Waals surface area contributed by atoms with E-state index in [1.807, 2.05) is 4.90 Å². The number of urea groups is 1. The summed E-state index contributed by atoms with van der Waals surface area (Å²) in [6, 6.07) is 3.84. The number of ether oxygens (including phenoxy) is 3. The van der Waals surface area contributed by atoms with E-state index in [0.717, 1.165) is 19.3 Å². The fraction of sp³-hybridized carbons (Fsp3) is 0.588. The molecular weight excluding hydrogens is 296 g/mol. The number of methoxy groups -OCH3 is 3. The van der Waals surface area contributed by atoms with Gasteiger partial charge in [0, 0.05) is 24.2 Å². The van der Waals surface area contributed by atoms with E-state index in [2.05, 4.69) is 19.2 Å². The smallest absolute Gasteiger partial charge is 0.322 e. The van der Waals surface area contributed by atoms with Crippen molar-refractivity contribution in [2.45, 2.75) is 45.2 Å². The highest BCUT2D eigenvalue weighted by atomic mass is 16.5. The zero-order valence-corrected chi connectivity index (χ0v) is 14.5. The van der Waals surface area contributed by atoms with Crippen molar-refractivity contribution in [2.75, 3.05) is 26.6 Å². The van der Waals surface area contributed by atoms with Crippen LogP contribution in [-0.2, 0) is 0 Å². The van der Waals surface area contributed by atoms with Crippen molar-refractivity contribution in [3.8, 4) is 17.2 Å². The van der Waals surface area contributed by atoms with Gasteiger partial charge in [-0.2, -0.15) is 0 Å². The van der Waals surface area contributed by atoms with Crippen LogP contribution in [0.3, 0.4) is 0 Å². The normalized spacial score (nSPS) is 20.8. The molecule has 1 heterocycles. The van der Waals surface area contributed by atoms with E-state index in [9.17, 15) is 4.79 Å². The lowest BCUT2D eigenvalue weighted by atomic mass is 9.98. The maximum atomic E-state index is 12.6. The van der Waals surface area contributed by atoms with Gasteiger partial charge in [-0.15, -0.1) is 0 Å². The highest BCUT2D eigenvalue weighted by Crippen LogP contribution is 2.40. The molecule has 0 aromatic heterocycles. The van der Waals surface area contributed by atoms with Gasteiger partial charge in [-0.3, -0.25) is 0 Å². The van der Waals surface area contributed by atoms with Gasteiger partial charge in [-0.25, -0.2) is 4.79 Å². The average molecular weight is 322 g/mol. The Bertz CT molecular complexity index is 527. The fourth-order valence-electron chi connectivity index (χ4n) is 3.16. The van der Waals surface area contributed by atoms with Crippen molar-refractivity contribution < 1.29 is 19.0 Å². The molecule has 1 fully saturated rings. The molecule has 6 heteroatoms. The standard InChI is InChI=1S/C17H26N2O4/c1-11-7-6-8-12(2)19(11)17(20)18-13-9-14(21-3)16(23-5)15(10-13)22-4/h9-12H,6-8H2,1-5H3,(H,18,20). The maximum Gasteiger partial charge on any atom is 0.322 e. The number of hydrogen-bond acceptors (Lipinski definition) is 4. The first-order valence-electron chi connectivity index (χ1n) is 7.91. The molecule has 2 rings (SSSR count). The highest BCUT2D eigenvalue weighted by Gasteiger charge is 2.29. The number of likely N-dealkylation sites (tertiary alicyclic amines) is 1. The third-order valence-electron chi connectivity index (χ3n) is 4.34. The number of nitrogens with zero attached hydrogens (tertiary/aromatic N) is 1. The van der Waals surface area contributed by atoms with Crippen LogP contribution >= 0.6 is 0 Å². The number of benzene rings is 1. The van der Waals surface area contributed by atoms with Gasteiger partial charge in [0.25, 0.3) is 0 Å². The molecule has 0 spiro atoms. The lowest BCUT2D eigenvalue weighted by molar-refractivity contribution is 0.133. The number of nitrogens with one attached hydrogen (secondary N) is 1. The second kappa shape index (κ2) is 7.44. The van der Waals surface area contributed by atoms with Crippen molar-refractivity contribution in [2.24, 2.45) is 0 Å². The number of piperidine rings is 1. The fourth-order valence-corrected chi connectivity index (χ4v) is 3.16. The Balaban J connectivity index is 2.23. The zero-order valence-electron chi connectivity index (χ0n) is 14.5. The molecule has 1 N–H and O–H groups in total. The Morgan fingerprint density at radius 1 is 1.04 bits per heavy atom. The first-order chi connectivity index (χ1) is 11.0. The van der Waals surface area contributed by atoms with E-state index >= 15 is 0 Å². The maximum absolute atomic E-state index is 12.6. The Hall–Kier alpha value is -2.11. The van der Waals surface area contributed by atoms with E-state index < -0.39 is 0 Å². The van der Waals surface area contributed by atoms with Crippen LogP contribution < -0.4 is 19.5 Å². The van der Waals surface area contributed by atoms with Gasteiger partial charge in [0.05, 0.1) is 27.0 Å². The van der Waals surface area contributed by atoms with E-state index in [0.29, 0.717) is 22.9 Å². The second-order valence-corrected chi connectivity index (χ2v) is 5.88. The molecule has 0 bridgehead atoms. The summed E-state index contributed by atoms with van der Waals surface area (Å²) in [7, 11) is 4.66. The van der Waals surface area contributed by atoms with Gasteiger partial charge in [0.2, 0.25) is 5.75 Å². The molecule has 1 aliphatic heterocycles. The molecule has 2 amide bonds. The number of amides is 2. The van der Waals surface area contributed by atoms with Gasteiger partial charge < -0.3 is 24.4 Å². The lowest BCUT2D eigenvalue weighted by Gasteiger charge is -2.38. The summed E-state index contributed by atoms with van der Waals surface area (Å²) in [5.74, 6) is 1.54. The monoisotopic (exact) mass is 322 g/mol. The van der Waals surface area contributed by atoms with E-state index in [1.54, 1.807) is 33.5 Å². The highest BCUT2D eigenvalue weighted by molar-refractivity contribution is 5.90. The topological polar surface area (TPSA) is 60.0 Å². The predicted molar refractivity (Wildman–Crippen MR) is 89.7 cm³/mol. The Labute approximate surface area is 137 Å². The molecule has 1 aromatic rings. The molecule has 1 aliphatic rings. The summed E-state index contributed by atoms with van der Waals surface area (Å²) in [6.07, 6.45) is 3.23. The number of hydrogen-bond donors (Lipinski definition) is 1. The number of carbonyl (C=O) groups excluding carboxylic acids is 1. The molecular formula is C17H26N2O4. The van der Waals surface area contributed by atoms with Gasteiger partial charge in [-0.05, 0) is 33.1 Å². The number of carbonyl (C=O) groups is 1. The van der Waals surface area contributed by atoms with Gasteiger partial charge in [0.1, 0.15) is 0 Å². The largest absolute Gasteiger partial charge is 0.493 e. The number of rotatable bonds is 4. The molecule has 2 atom stereocenters. The predicted octanol–water partition coefficient (Wildman–Crippen LogP) is 3.51. The first kappa shape index (κ1) is 17.2. The minimum atomic E-state index is -0.0982. The summed E-state index contributed by atoms with van der Waals surface area (Å²) in [6.45, 7) is 4.18. The third-order valence-corrected chi connectivity index (χ3v) is 4.34. The molecule has 0 aliphatic carbocycles. The first-order valence-corrected chi connectivity index (χ1v) is 7.91. The van der Waals surface area contributed by atoms with Crippen molar-refractivity contribution >= 4 is 11.7 Å². The number of anilines is 1. The van der Waals surface area contributed by atoms with E-state index in [1.165, 1.54) is 0 Å². The van der Waals surface area contributed by atoms with Crippen molar-refractivity contribution in [1.29, 1.82) is 0 Å². The molecule has 1 saturated heterocycles. The molecule has 23 heavy (non-hydrogen) atoms. The van der Waals surface area contributed by atoms with Crippen LogP contribution in [-0.4, -0.2) is 44.3 Å². The van der Waals surface area contributed by atoms with Gasteiger partial charge in [0.15, 0.2) is 11.5 Å². The summed E-state index contributed by atoms with van der Waals surface area (Å²) < 4.78 is 15.9. The molecule has 0 saturated carbocycles. The average Bonchev–Trinajstić information content (AvgIpc) is 2.53. The van der Waals surface area contributed by atoms with Crippen LogP contribution in [0, 0.1) is 0 Å². The summed E-state index contributed by atoms with van der Waals surface area (Å²) in [5.41, 5.74) is 0.620. The van der Waals surface area contributed by atoms with Crippen molar-refractivity contribution in [1.82, 2.24) is 4.90 Å². The van der Waals surface area contributed by atoms with Crippen molar-refractivity contribution in [3.63, 3.8) is 0 Å². The zero-order chi connectivity index (χ0) is 17.0. The van der Waals surface area contributed by atoms with Crippen LogP contribution in [0.2, 0.25) is 0 Å². The van der Waals surface area contributed by atoms with Crippen LogP contribution in [0.15, 0.2) is 12.1 Å². The van der Waals surface area contributed by atoms with Crippen LogP contribution in [0.25, 0.3) is 0 Å². The minimum absolute atomic E-state index is 0.0982. The summed E-state index contributed by atoms with van der Waals surface area (Å²) in [5, 5.41) is 2.94. The van der Waals surface area contributed by atoms with Crippen LogP contribution in [0.4, 0.5) is 10.5 Å². The second-order valence-electron chi connectivity index (χ2n) is 5.88. The Morgan fingerprint density at radius 3 is 2.00 bits per heavy atom. The Kier molecular flexibility index (Phi) is 5.58. The lowest BCUT2D eigenvalue weighted by Crippen LogP contribution is -2.49. The third kappa shape index (κ3) is 3.63. The van der Waals surface area contributed by atoms with E-state index in [-0.39, 0.29) is 18.1 Å². The Morgan fingerprint density at radius 2 is 1.57 bits per heavy atom. The molecule has 6 nitrogen and oxygen atoms in total. The molecule has 2 unspecified atom stereocenters. The molecule has 1 aromatic carbocycles. The van der Waals surface area contributed by atoms with Crippen LogP contribution in [0.5, 0.6) is 17.2 Å². The molecule has 128 valence electrons. The minimum Gasteiger partial charge on any atom is -0.493 e. The summed E-state index contributed by atoms with van der Waals surface area (Å²) in [4.78, 5) is 14.6. The van der Waals surface area contributed by atoms with Crippen LogP contribution in [0.1, 0.15) is 33.1 Å². The van der Waals surface area contributed by atoms with Crippen molar-refractivity contribution in [3.05, 3.63) is 12.1 Å².